The number of aliphatic hydroxyl groups excluding tert-OH is 1. The monoisotopic (exact) mass is 547 g/mol. The van der Waals surface area contributed by atoms with Crippen LogP contribution in [0.5, 0.6) is 0 Å². The second kappa shape index (κ2) is 11.8. The number of nitro benzene ring substituents is 1. The summed E-state index contributed by atoms with van der Waals surface area (Å²) in [5.41, 5.74) is -1.63. The van der Waals surface area contributed by atoms with E-state index in [1.54, 1.807) is 0 Å². The second-order valence-corrected chi connectivity index (χ2v) is 12.2. The van der Waals surface area contributed by atoms with Crippen molar-refractivity contribution < 1.29 is 48.4 Å². The molecular weight excluding hydrogens is 522 g/mol. The number of carbonyl (C=O) groups is 1. The first kappa shape index (κ1) is 29.7. The number of hydrogen-bond donors (Lipinski definition) is 2. The lowest BCUT2D eigenvalue weighted by Gasteiger charge is -2.26. The molecule has 1 rings (SSSR count). The number of anilines is 1. The normalized spacial score (nSPS) is 12.4. The first-order valence-electron chi connectivity index (χ1n) is 9.31. The van der Waals surface area contributed by atoms with Crippen molar-refractivity contribution in [2.75, 3.05) is 63.1 Å². The van der Waals surface area contributed by atoms with Crippen molar-refractivity contribution in [3.63, 3.8) is 0 Å². The van der Waals surface area contributed by atoms with Crippen LogP contribution in [0.25, 0.3) is 0 Å². The summed E-state index contributed by atoms with van der Waals surface area (Å²) < 4.78 is 79.3. The van der Waals surface area contributed by atoms with Gasteiger partial charge in [0.2, 0.25) is 0 Å². The van der Waals surface area contributed by atoms with Gasteiger partial charge in [0.25, 0.3) is 31.8 Å². The molecule has 0 aliphatic carbocycles. The molecule has 1 aromatic rings. The van der Waals surface area contributed by atoms with Crippen LogP contribution in [-0.2, 0) is 38.4 Å². The van der Waals surface area contributed by atoms with E-state index < -0.39 is 76.9 Å². The van der Waals surface area contributed by atoms with Crippen LogP contribution >= 0.6 is 0 Å². The van der Waals surface area contributed by atoms with Crippen molar-refractivity contribution in [3.05, 3.63) is 27.8 Å². The fourth-order valence-electron chi connectivity index (χ4n) is 2.65. The van der Waals surface area contributed by atoms with Gasteiger partial charge in [-0.15, -0.1) is 0 Å². The molecule has 15 nitrogen and oxygen atoms in total. The Morgan fingerprint density at radius 1 is 1.03 bits per heavy atom. The van der Waals surface area contributed by atoms with Crippen LogP contribution in [0.3, 0.4) is 0 Å². The third-order valence-electron chi connectivity index (χ3n) is 3.97. The van der Waals surface area contributed by atoms with E-state index in [1.165, 1.54) is 0 Å². The number of rotatable bonds is 14. The number of carbonyl (C=O) groups excluding carboxylic acids is 1. The van der Waals surface area contributed by atoms with Crippen molar-refractivity contribution >= 4 is 47.4 Å². The van der Waals surface area contributed by atoms with Gasteiger partial charge in [-0.25, -0.2) is 8.42 Å². The summed E-state index contributed by atoms with van der Waals surface area (Å²) in [6.07, 6.45) is 2.32. The lowest BCUT2D eigenvalue weighted by Crippen LogP contribution is -2.34. The predicted octanol–water partition coefficient (Wildman–Crippen LogP) is -1.52. The minimum atomic E-state index is -4.14. The van der Waals surface area contributed by atoms with Crippen LogP contribution in [0.15, 0.2) is 17.0 Å². The second-order valence-electron chi connectivity index (χ2n) is 6.89. The largest absolute Gasteiger partial charge is 0.395 e. The van der Waals surface area contributed by atoms with Gasteiger partial charge in [0.15, 0.2) is 9.84 Å². The lowest BCUT2D eigenvalue weighted by molar-refractivity contribution is -0.385. The molecule has 0 atom stereocenters. The maximum atomic E-state index is 12.5. The highest BCUT2D eigenvalue weighted by Gasteiger charge is 2.29. The molecule has 0 heterocycles. The standard InChI is InChI=1S/C16H25N3O12S3/c1-32(24,25)15-11-13(19(22)23)12(16(21)17-4-7-20)10-14(15)18(5-8-30-33(2,26)27)6-9-31-34(3,28)29/h10-11,20H,4-9H2,1-3H3,(H,17,21). The number of nitrogens with one attached hydrogen (secondary N) is 1. The molecule has 0 aliphatic heterocycles. The zero-order valence-electron chi connectivity index (χ0n) is 18.5. The fraction of sp³-hybridized carbons (Fsp3) is 0.562. The van der Waals surface area contributed by atoms with Crippen LogP contribution in [0.2, 0.25) is 0 Å². The zero-order chi connectivity index (χ0) is 26.3. The van der Waals surface area contributed by atoms with E-state index in [0.717, 1.165) is 29.7 Å². The molecule has 18 heteroatoms. The number of nitro groups is 1. The average Bonchev–Trinajstić information content (AvgIpc) is 2.67. The number of sulfone groups is 1. The smallest absolute Gasteiger partial charge is 0.283 e. The summed E-state index contributed by atoms with van der Waals surface area (Å²) in [5.74, 6) is -0.984. The number of benzene rings is 1. The molecular formula is C16H25N3O12S3. The van der Waals surface area contributed by atoms with Crippen molar-refractivity contribution in [3.8, 4) is 0 Å². The Bertz CT molecular complexity index is 1190. The van der Waals surface area contributed by atoms with Gasteiger partial charge >= 0.3 is 0 Å². The summed E-state index contributed by atoms with van der Waals surface area (Å²) in [5, 5.41) is 22.6. The molecule has 2 N–H and O–H groups in total. The van der Waals surface area contributed by atoms with Gasteiger partial charge in [0, 0.05) is 32.0 Å². The predicted molar refractivity (Wildman–Crippen MR) is 119 cm³/mol. The summed E-state index contributed by atoms with van der Waals surface area (Å²) in [4.78, 5) is 23.6. The van der Waals surface area contributed by atoms with E-state index in [4.69, 9.17) is 5.11 Å². The van der Waals surface area contributed by atoms with Crippen LogP contribution in [-0.4, -0.2) is 99.4 Å². The van der Waals surface area contributed by atoms with E-state index in [-0.39, 0.29) is 25.3 Å². The summed E-state index contributed by atoms with van der Waals surface area (Å²) in [6.45, 7) is -2.34. The minimum Gasteiger partial charge on any atom is -0.395 e. The summed E-state index contributed by atoms with van der Waals surface area (Å²) >= 11 is 0. The van der Waals surface area contributed by atoms with E-state index in [1.807, 2.05) is 0 Å². The maximum absolute atomic E-state index is 12.5. The fourth-order valence-corrected chi connectivity index (χ4v) is 4.30. The summed E-state index contributed by atoms with van der Waals surface area (Å²) in [6, 6.07) is 1.57. The maximum Gasteiger partial charge on any atom is 0.283 e. The number of hydrogen-bond acceptors (Lipinski definition) is 13. The van der Waals surface area contributed by atoms with Gasteiger partial charge in [-0.2, -0.15) is 16.8 Å². The first-order chi connectivity index (χ1) is 15.5. The van der Waals surface area contributed by atoms with Crippen LogP contribution in [0, 0.1) is 10.1 Å². The molecule has 0 aliphatic rings. The zero-order valence-corrected chi connectivity index (χ0v) is 20.9. The molecule has 0 unspecified atom stereocenters. The van der Waals surface area contributed by atoms with E-state index in [2.05, 4.69) is 13.7 Å². The Morgan fingerprint density at radius 2 is 1.53 bits per heavy atom. The van der Waals surface area contributed by atoms with E-state index in [0.29, 0.717) is 6.07 Å². The third-order valence-corrected chi connectivity index (χ3v) is 6.29. The third kappa shape index (κ3) is 9.85. The molecule has 0 saturated carbocycles. The number of aliphatic hydroxyl groups is 1. The van der Waals surface area contributed by atoms with Crippen molar-refractivity contribution in [2.24, 2.45) is 0 Å². The molecule has 194 valence electrons. The van der Waals surface area contributed by atoms with Gasteiger partial charge in [-0.1, -0.05) is 0 Å². The van der Waals surface area contributed by atoms with E-state index in [9.17, 15) is 40.2 Å². The van der Waals surface area contributed by atoms with Crippen molar-refractivity contribution in [2.45, 2.75) is 4.90 Å². The van der Waals surface area contributed by atoms with Crippen molar-refractivity contribution in [1.29, 1.82) is 0 Å². The molecule has 0 aromatic heterocycles. The Hall–Kier alpha value is -2.38. The molecule has 1 amide bonds. The summed E-state index contributed by atoms with van der Waals surface area (Å²) in [7, 11) is -11.9. The molecule has 0 bridgehead atoms. The molecule has 0 radical (unpaired) electrons. The lowest BCUT2D eigenvalue weighted by atomic mass is 10.1. The number of amides is 1. The Kier molecular flexibility index (Phi) is 10.3. The van der Waals surface area contributed by atoms with Gasteiger partial charge in [0.05, 0.1) is 47.8 Å². The number of nitrogens with zero attached hydrogens (tertiary/aromatic N) is 2. The highest BCUT2D eigenvalue weighted by molar-refractivity contribution is 7.91. The highest BCUT2D eigenvalue weighted by atomic mass is 32.2. The van der Waals surface area contributed by atoms with Crippen molar-refractivity contribution in [1.82, 2.24) is 5.32 Å². The van der Waals surface area contributed by atoms with Crippen LogP contribution < -0.4 is 10.2 Å². The Balaban J connectivity index is 3.65. The Labute approximate surface area is 197 Å². The highest BCUT2D eigenvalue weighted by Crippen LogP contribution is 2.33. The van der Waals surface area contributed by atoms with E-state index >= 15 is 0 Å². The molecule has 34 heavy (non-hydrogen) atoms. The molecule has 1 aromatic carbocycles. The van der Waals surface area contributed by atoms with Crippen LogP contribution in [0.1, 0.15) is 10.4 Å². The topological polar surface area (TPSA) is 217 Å². The molecule has 0 fully saturated rings. The molecule has 0 spiro atoms. The van der Waals surface area contributed by atoms with Crippen LogP contribution in [0.4, 0.5) is 11.4 Å². The molecule has 0 saturated heterocycles. The minimum absolute atomic E-state index is 0.243. The Morgan fingerprint density at radius 3 is 1.91 bits per heavy atom. The van der Waals surface area contributed by atoms with Gasteiger partial charge < -0.3 is 15.3 Å². The first-order valence-corrected chi connectivity index (χ1v) is 14.8. The van der Waals surface area contributed by atoms with Gasteiger partial charge in [0.1, 0.15) is 5.56 Å². The van der Waals surface area contributed by atoms with Gasteiger partial charge in [-0.05, 0) is 6.07 Å². The SMILES string of the molecule is CS(=O)(=O)OCCN(CCOS(C)(=O)=O)c1cc(C(=O)NCCO)c([N+](=O)[O-])cc1S(C)(=O)=O. The quantitative estimate of drug-likeness (QED) is 0.154. The average molecular weight is 548 g/mol. The van der Waals surface area contributed by atoms with Gasteiger partial charge in [-0.3, -0.25) is 23.3 Å².